The van der Waals surface area contributed by atoms with E-state index in [0.29, 0.717) is 25.3 Å². The second-order valence-electron chi connectivity index (χ2n) is 9.69. The zero-order chi connectivity index (χ0) is 22.2. The summed E-state index contributed by atoms with van der Waals surface area (Å²) in [6.07, 6.45) is 5.43. The van der Waals surface area contributed by atoms with Gasteiger partial charge in [0.2, 0.25) is 0 Å². The third-order valence-corrected chi connectivity index (χ3v) is 7.37. The highest BCUT2D eigenvalue weighted by Gasteiger charge is 2.47. The van der Waals surface area contributed by atoms with E-state index in [0.717, 1.165) is 68.7 Å². The molecule has 3 aliphatic rings. The predicted molar refractivity (Wildman–Crippen MR) is 119 cm³/mol. The number of hydrogen-bond acceptors (Lipinski definition) is 5. The summed E-state index contributed by atoms with van der Waals surface area (Å²) in [7, 11) is 0. The van der Waals surface area contributed by atoms with Gasteiger partial charge in [-0.2, -0.15) is 5.10 Å². The highest BCUT2D eigenvalue weighted by Crippen LogP contribution is 2.48. The van der Waals surface area contributed by atoms with Gasteiger partial charge in [0.1, 0.15) is 0 Å². The number of amides is 1. The maximum absolute atomic E-state index is 13.0. The fraction of sp³-hybridized carbons (Fsp3) is 0.560. The number of ether oxygens (including phenoxy) is 2. The zero-order valence-electron chi connectivity index (χ0n) is 18.7. The minimum absolute atomic E-state index is 0.00757. The van der Waals surface area contributed by atoms with Crippen molar-refractivity contribution < 1.29 is 19.1 Å². The van der Waals surface area contributed by atoms with Gasteiger partial charge in [0.05, 0.1) is 35.7 Å². The van der Waals surface area contributed by atoms with Crippen LogP contribution in [0.1, 0.15) is 64.7 Å². The van der Waals surface area contributed by atoms with E-state index in [1.54, 1.807) is 12.1 Å². The van der Waals surface area contributed by atoms with Gasteiger partial charge in [-0.1, -0.05) is 25.1 Å². The Morgan fingerprint density at radius 2 is 1.94 bits per heavy atom. The van der Waals surface area contributed by atoms with Crippen LogP contribution in [0, 0.1) is 10.8 Å². The Morgan fingerprint density at radius 3 is 2.62 bits per heavy atom. The third-order valence-electron chi connectivity index (χ3n) is 7.37. The molecule has 0 radical (unpaired) electrons. The molecule has 1 saturated heterocycles. The van der Waals surface area contributed by atoms with Gasteiger partial charge in [0.25, 0.3) is 5.91 Å². The number of carbonyl (C=O) groups is 2. The number of fused-ring (bicyclic) bond motifs is 1. The van der Waals surface area contributed by atoms with Crippen LogP contribution in [-0.2, 0) is 28.9 Å². The first kappa shape index (κ1) is 21.2. The molecule has 5 rings (SSSR count). The molecule has 3 heterocycles. The van der Waals surface area contributed by atoms with Gasteiger partial charge in [0, 0.05) is 25.2 Å². The average molecular weight is 438 g/mol. The van der Waals surface area contributed by atoms with Gasteiger partial charge < -0.3 is 14.8 Å². The van der Waals surface area contributed by atoms with Crippen molar-refractivity contribution in [3.63, 3.8) is 0 Å². The Bertz CT molecular complexity index is 1000. The van der Waals surface area contributed by atoms with Crippen LogP contribution >= 0.6 is 0 Å². The normalized spacial score (nSPS) is 20.8. The first-order valence-electron chi connectivity index (χ1n) is 11.7. The molecule has 2 aromatic rings. The molecule has 0 unspecified atom stereocenters. The lowest BCUT2D eigenvalue weighted by Gasteiger charge is -2.36. The van der Waals surface area contributed by atoms with Crippen molar-refractivity contribution in [1.82, 2.24) is 15.1 Å². The van der Waals surface area contributed by atoms with Gasteiger partial charge in [-0.05, 0) is 56.1 Å². The fourth-order valence-electron chi connectivity index (χ4n) is 5.02. The molecule has 1 aromatic heterocycles. The van der Waals surface area contributed by atoms with E-state index in [2.05, 4.69) is 10.00 Å². The standard InChI is InChI=1S/C25H31N3O4/c1-2-19-21-20(14-24(15-26-22(21)29)10-12-31-13-11-24)28(27-19)16-25(8-9-25)17-32-23(30)18-6-4-3-5-7-18/h3-7H,2,8-17H2,1H3,(H,26,29). The van der Waals surface area contributed by atoms with Crippen LogP contribution < -0.4 is 5.32 Å². The van der Waals surface area contributed by atoms with Crippen molar-refractivity contribution in [2.75, 3.05) is 26.4 Å². The maximum atomic E-state index is 13.0. The number of benzene rings is 1. The van der Waals surface area contributed by atoms with Crippen LogP contribution in [0.4, 0.5) is 0 Å². The number of nitrogens with one attached hydrogen (secondary N) is 1. The van der Waals surface area contributed by atoms with E-state index in [9.17, 15) is 9.59 Å². The summed E-state index contributed by atoms with van der Waals surface area (Å²) in [6, 6.07) is 9.11. The Hall–Kier alpha value is -2.67. The Labute approximate surface area is 188 Å². The molecule has 170 valence electrons. The van der Waals surface area contributed by atoms with E-state index in [4.69, 9.17) is 14.6 Å². The maximum Gasteiger partial charge on any atom is 0.338 e. The second kappa shape index (κ2) is 8.35. The number of nitrogens with zero attached hydrogens (tertiary/aromatic N) is 2. The molecule has 0 bridgehead atoms. The number of aryl methyl sites for hydroxylation is 1. The quantitative estimate of drug-likeness (QED) is 0.702. The molecule has 1 N–H and O–H groups in total. The van der Waals surface area contributed by atoms with E-state index in [1.807, 2.05) is 25.1 Å². The molecule has 1 aliphatic carbocycles. The van der Waals surface area contributed by atoms with Gasteiger partial charge in [0.15, 0.2) is 0 Å². The van der Waals surface area contributed by atoms with Crippen molar-refractivity contribution in [3.8, 4) is 0 Å². The van der Waals surface area contributed by atoms with E-state index >= 15 is 0 Å². The number of hydrogen-bond donors (Lipinski definition) is 1. The Balaban J connectivity index is 1.37. The van der Waals surface area contributed by atoms with Crippen molar-refractivity contribution in [3.05, 3.63) is 52.8 Å². The van der Waals surface area contributed by atoms with Gasteiger partial charge in [-0.3, -0.25) is 9.48 Å². The van der Waals surface area contributed by atoms with Gasteiger partial charge in [-0.25, -0.2) is 4.79 Å². The average Bonchev–Trinajstić information content (AvgIpc) is 3.54. The summed E-state index contributed by atoms with van der Waals surface area (Å²) in [5, 5.41) is 8.04. The van der Waals surface area contributed by atoms with Gasteiger partial charge >= 0.3 is 5.97 Å². The first-order valence-corrected chi connectivity index (χ1v) is 11.7. The molecule has 1 saturated carbocycles. The largest absolute Gasteiger partial charge is 0.461 e. The Morgan fingerprint density at radius 1 is 1.19 bits per heavy atom. The van der Waals surface area contributed by atoms with Gasteiger partial charge in [-0.15, -0.1) is 0 Å². The monoisotopic (exact) mass is 437 g/mol. The lowest BCUT2D eigenvalue weighted by atomic mass is 9.76. The molecule has 1 aromatic carbocycles. The minimum atomic E-state index is -0.286. The van der Waals surface area contributed by atoms with Crippen LogP contribution in [0.5, 0.6) is 0 Å². The van der Waals surface area contributed by atoms with Crippen LogP contribution in [0.2, 0.25) is 0 Å². The molecular formula is C25H31N3O4. The second-order valence-corrected chi connectivity index (χ2v) is 9.69. The number of esters is 1. The van der Waals surface area contributed by atoms with Crippen molar-refractivity contribution in [2.45, 2.75) is 52.0 Å². The van der Waals surface area contributed by atoms with Crippen LogP contribution in [0.25, 0.3) is 0 Å². The molecular weight excluding hydrogens is 406 g/mol. The topological polar surface area (TPSA) is 82.5 Å². The van der Waals surface area contributed by atoms with E-state index in [1.165, 1.54) is 0 Å². The summed E-state index contributed by atoms with van der Waals surface area (Å²) < 4.78 is 13.3. The lowest BCUT2D eigenvalue weighted by Crippen LogP contribution is -2.41. The number of rotatable bonds is 6. The highest BCUT2D eigenvalue weighted by atomic mass is 16.5. The molecule has 7 heteroatoms. The van der Waals surface area contributed by atoms with Crippen molar-refractivity contribution >= 4 is 11.9 Å². The Kier molecular flexibility index (Phi) is 5.53. The van der Waals surface area contributed by atoms with Crippen LogP contribution in [0.15, 0.2) is 30.3 Å². The molecule has 32 heavy (non-hydrogen) atoms. The van der Waals surface area contributed by atoms with E-state index in [-0.39, 0.29) is 22.7 Å². The lowest BCUT2D eigenvalue weighted by molar-refractivity contribution is 0.0150. The summed E-state index contributed by atoms with van der Waals surface area (Å²) in [5.74, 6) is -0.294. The molecule has 2 fully saturated rings. The van der Waals surface area contributed by atoms with Crippen LogP contribution in [0.3, 0.4) is 0 Å². The molecule has 1 amide bonds. The summed E-state index contributed by atoms with van der Waals surface area (Å²) in [6.45, 7) is 5.26. The summed E-state index contributed by atoms with van der Waals surface area (Å²) in [4.78, 5) is 25.4. The van der Waals surface area contributed by atoms with Crippen molar-refractivity contribution in [1.29, 1.82) is 0 Å². The number of aromatic nitrogens is 2. The number of carbonyl (C=O) groups excluding carboxylic acids is 2. The molecule has 2 aliphatic heterocycles. The fourth-order valence-corrected chi connectivity index (χ4v) is 5.02. The predicted octanol–water partition coefficient (Wildman–Crippen LogP) is 3.17. The third kappa shape index (κ3) is 4.06. The summed E-state index contributed by atoms with van der Waals surface area (Å²) >= 11 is 0. The highest BCUT2D eigenvalue weighted by molar-refractivity contribution is 5.97. The minimum Gasteiger partial charge on any atom is -0.461 e. The van der Waals surface area contributed by atoms with Crippen molar-refractivity contribution in [2.24, 2.45) is 10.8 Å². The molecule has 0 atom stereocenters. The molecule has 7 nitrogen and oxygen atoms in total. The first-order chi connectivity index (χ1) is 15.5. The van der Waals surface area contributed by atoms with Crippen LogP contribution in [-0.4, -0.2) is 48.0 Å². The zero-order valence-corrected chi connectivity index (χ0v) is 18.7. The smallest absolute Gasteiger partial charge is 0.338 e. The SMILES string of the molecule is CCc1nn(CC2(COC(=O)c3ccccc3)CC2)c2c1C(=O)NCC1(CCOCC1)C2. The van der Waals surface area contributed by atoms with E-state index < -0.39 is 0 Å². The summed E-state index contributed by atoms with van der Waals surface area (Å²) in [5.41, 5.74) is 3.16. The molecule has 1 spiro atoms.